The molecule has 1 aromatic carbocycles. The first-order valence-corrected chi connectivity index (χ1v) is 14.6. The summed E-state index contributed by atoms with van der Waals surface area (Å²) in [6, 6.07) is 5.79. The van der Waals surface area contributed by atoms with Crippen LogP contribution in [0.5, 0.6) is 0 Å². The number of carboxylic acid groups (broad SMARTS) is 1. The van der Waals surface area contributed by atoms with E-state index < -0.39 is 59.8 Å². The van der Waals surface area contributed by atoms with Crippen LogP contribution in [0.2, 0.25) is 0 Å². The van der Waals surface area contributed by atoms with E-state index in [0.29, 0.717) is 12.8 Å². The smallest absolute Gasteiger partial charge is 0.407 e. The molecule has 0 radical (unpaired) electrons. The highest BCUT2D eigenvalue weighted by Crippen LogP contribution is 2.07. The minimum atomic E-state index is -1.41. The Kier molecular flexibility index (Phi) is 16.2. The summed E-state index contributed by atoms with van der Waals surface area (Å²) in [6.45, 7) is -0.213. The molecule has 1 aliphatic heterocycles. The number of aliphatic carboxylic acids is 1. The molecule has 1 aliphatic rings. The lowest BCUT2D eigenvalue weighted by atomic mass is 10.1. The van der Waals surface area contributed by atoms with Crippen LogP contribution in [0.15, 0.2) is 35.3 Å². The number of alkyl carbamates (subject to hydrolysis) is 1. The van der Waals surface area contributed by atoms with E-state index in [1.54, 1.807) is 0 Å². The molecule has 5 amide bonds. The maximum Gasteiger partial charge on any atom is 0.407 e. The van der Waals surface area contributed by atoms with Crippen molar-refractivity contribution in [3.8, 4) is 0 Å². The quantitative estimate of drug-likeness (QED) is 0.0308. The van der Waals surface area contributed by atoms with Crippen molar-refractivity contribution in [1.29, 1.82) is 0 Å². The van der Waals surface area contributed by atoms with E-state index in [-0.39, 0.29) is 63.7 Å². The molecule has 1 aromatic rings. The van der Waals surface area contributed by atoms with E-state index in [2.05, 4.69) is 31.6 Å². The second-order valence-electron chi connectivity index (χ2n) is 10.2. The molecule has 2 rings (SSSR count). The predicted octanol–water partition coefficient (Wildman–Crippen LogP) is -3.10. The number of ether oxygens (including phenoxy) is 1. The molecule has 46 heavy (non-hydrogen) atoms. The second-order valence-corrected chi connectivity index (χ2v) is 10.2. The Labute approximate surface area is 264 Å². The number of benzene rings is 1. The first kappa shape index (κ1) is 37.2. The molecule has 254 valence electrons. The largest absolute Gasteiger partial charge is 0.574 e. The molecule has 0 bridgehead atoms. The maximum absolute atomic E-state index is 13.1. The Hall–Kier alpha value is -5.01. The third-order valence-electron chi connectivity index (χ3n) is 6.57. The van der Waals surface area contributed by atoms with Gasteiger partial charge in [-0.15, -0.1) is 5.34 Å². The Bertz CT molecular complexity index is 1220. The van der Waals surface area contributed by atoms with Crippen LogP contribution in [0.25, 0.3) is 0 Å². The van der Waals surface area contributed by atoms with Crippen molar-refractivity contribution in [2.24, 2.45) is 10.7 Å². The van der Waals surface area contributed by atoms with Gasteiger partial charge in [-0.1, -0.05) is 30.3 Å². The highest BCUT2D eigenvalue weighted by Gasteiger charge is 2.29. The maximum atomic E-state index is 13.1. The molecule has 19 heteroatoms. The Morgan fingerprint density at radius 1 is 1.07 bits per heavy atom. The number of guanidine groups is 1. The van der Waals surface area contributed by atoms with E-state index in [1.165, 1.54) is 0 Å². The molecule has 4 unspecified atom stereocenters. The van der Waals surface area contributed by atoms with Gasteiger partial charge < -0.3 is 47.4 Å². The second kappa shape index (κ2) is 20.1. The molecule has 1 fully saturated rings. The van der Waals surface area contributed by atoms with Gasteiger partial charge in [0.15, 0.2) is 0 Å². The normalized spacial score (nSPS) is 16.3. The SMILES string of the molecule is NC(=NCCCC(NC(=O)C(CCCCNC(=O)OCc1ccccc1)NC(=O)CNC(=O)C1CCC(=O)N1)C(=O)O)N[NH+]([O-])O. The number of nitrogens with one attached hydrogen (secondary N) is 7. The van der Waals surface area contributed by atoms with Crippen LogP contribution < -0.4 is 43.1 Å². The first-order chi connectivity index (χ1) is 21.9. The van der Waals surface area contributed by atoms with E-state index in [0.717, 1.165) is 5.56 Å². The number of nitrogens with two attached hydrogens (primary N) is 1. The molecule has 0 saturated carbocycles. The molecule has 1 saturated heterocycles. The number of carbonyl (C=O) groups is 6. The fourth-order valence-corrected chi connectivity index (χ4v) is 4.23. The molecular weight excluding hydrogens is 610 g/mol. The monoisotopic (exact) mass is 651 g/mol. The number of rotatable bonds is 19. The van der Waals surface area contributed by atoms with Crippen LogP contribution >= 0.6 is 0 Å². The zero-order chi connectivity index (χ0) is 33.9. The molecule has 19 nitrogen and oxygen atoms in total. The van der Waals surface area contributed by atoms with Gasteiger partial charge >= 0.3 is 12.1 Å². The van der Waals surface area contributed by atoms with Gasteiger partial charge in [-0.2, -0.15) is 10.6 Å². The zero-order valence-corrected chi connectivity index (χ0v) is 25.1. The van der Waals surface area contributed by atoms with Crippen LogP contribution in [0.1, 0.15) is 50.5 Å². The van der Waals surface area contributed by atoms with Gasteiger partial charge in [-0.3, -0.25) is 19.2 Å². The van der Waals surface area contributed by atoms with Crippen molar-refractivity contribution in [2.45, 2.75) is 69.7 Å². The van der Waals surface area contributed by atoms with E-state index in [4.69, 9.17) is 15.7 Å². The highest BCUT2D eigenvalue weighted by atomic mass is 16.8. The lowest BCUT2D eigenvalue weighted by Crippen LogP contribution is -3.13. The molecule has 0 aromatic heterocycles. The van der Waals surface area contributed by atoms with Gasteiger partial charge in [0, 0.05) is 19.5 Å². The number of hydrogen-bond donors (Lipinski definition) is 10. The number of amides is 5. The third-order valence-corrected chi connectivity index (χ3v) is 6.57. The van der Waals surface area contributed by atoms with E-state index in [9.17, 15) is 39.1 Å². The van der Waals surface area contributed by atoms with Crippen LogP contribution in [0.3, 0.4) is 0 Å². The van der Waals surface area contributed by atoms with Crippen molar-refractivity contribution in [1.82, 2.24) is 32.0 Å². The number of hydrogen-bond acceptors (Lipinski definition) is 10. The first-order valence-electron chi connectivity index (χ1n) is 14.6. The van der Waals surface area contributed by atoms with Crippen molar-refractivity contribution in [3.05, 3.63) is 41.1 Å². The van der Waals surface area contributed by atoms with Crippen LogP contribution in [0.4, 0.5) is 4.79 Å². The number of aliphatic imine (C=N–C) groups is 1. The summed E-state index contributed by atoms with van der Waals surface area (Å²) in [7, 11) is 0. The van der Waals surface area contributed by atoms with Gasteiger partial charge in [-0.25, -0.2) is 14.6 Å². The molecule has 11 N–H and O–H groups in total. The Balaban J connectivity index is 1.89. The topological polar surface area (TPSA) is 290 Å². The number of unbranched alkanes of at least 4 members (excludes halogenated alkanes) is 1. The minimum absolute atomic E-state index is 0.0200. The summed E-state index contributed by atoms with van der Waals surface area (Å²) in [4.78, 5) is 76.8. The van der Waals surface area contributed by atoms with Gasteiger partial charge in [0.1, 0.15) is 24.7 Å². The van der Waals surface area contributed by atoms with Crippen molar-refractivity contribution >= 4 is 41.7 Å². The summed E-state index contributed by atoms with van der Waals surface area (Å²) < 4.78 is 5.14. The summed E-state index contributed by atoms with van der Waals surface area (Å²) in [5, 5.41) is 39.8. The minimum Gasteiger partial charge on any atom is -0.574 e. The lowest BCUT2D eigenvalue weighted by Gasteiger charge is -2.22. The Morgan fingerprint density at radius 2 is 1.78 bits per heavy atom. The van der Waals surface area contributed by atoms with Crippen molar-refractivity contribution in [2.75, 3.05) is 19.6 Å². The third kappa shape index (κ3) is 15.1. The predicted molar refractivity (Wildman–Crippen MR) is 159 cm³/mol. The van der Waals surface area contributed by atoms with Crippen molar-refractivity contribution < 1.29 is 49.2 Å². The summed E-state index contributed by atoms with van der Waals surface area (Å²) in [5.74, 6) is -4.06. The number of carbonyl (C=O) groups excluding carboxylic acids is 5. The number of quaternary nitrogens is 1. The summed E-state index contributed by atoms with van der Waals surface area (Å²) >= 11 is 0. The van der Waals surface area contributed by atoms with Gasteiger partial charge in [-0.05, 0) is 44.1 Å². The van der Waals surface area contributed by atoms with Gasteiger partial charge in [0.25, 0.3) is 0 Å². The van der Waals surface area contributed by atoms with Crippen LogP contribution in [0, 0.1) is 5.21 Å². The number of nitrogens with zero attached hydrogens (tertiary/aromatic N) is 1. The molecule has 4 atom stereocenters. The standard InChI is InChI=1S/C27H41N9O10/c28-26(35-36(44)45)29-14-6-10-20(25(41)42)34-24(40)18(33-22(38)15-31-23(39)19-11-12-21(37)32-19)9-4-5-13-30-27(43)46-16-17-7-2-1-3-8-17/h1-3,7-8,18-20,36,44H,4-6,9-16H2,(H,30,43)(H,31,39)(H,32,37)(H,33,38)(H,34,40)(H,41,42)(H3,28,29,35). The van der Waals surface area contributed by atoms with Crippen LogP contribution in [-0.4, -0.2) is 89.7 Å². The van der Waals surface area contributed by atoms with Gasteiger partial charge in [0.05, 0.1) is 6.54 Å². The van der Waals surface area contributed by atoms with Crippen molar-refractivity contribution in [3.63, 3.8) is 0 Å². The average Bonchev–Trinajstić information content (AvgIpc) is 3.45. The van der Waals surface area contributed by atoms with E-state index >= 15 is 0 Å². The molecule has 0 spiro atoms. The summed E-state index contributed by atoms with van der Waals surface area (Å²) in [5.41, 5.74) is 8.05. The average molecular weight is 652 g/mol. The summed E-state index contributed by atoms with van der Waals surface area (Å²) in [6.07, 6.45) is 0.694. The van der Waals surface area contributed by atoms with Gasteiger partial charge in [0.2, 0.25) is 29.6 Å². The number of carboxylic acids is 1. The molecular formula is C27H41N9O10. The molecule has 1 heterocycles. The van der Waals surface area contributed by atoms with E-state index in [1.807, 2.05) is 35.8 Å². The fraction of sp³-hybridized carbons (Fsp3) is 0.519. The highest BCUT2D eigenvalue weighted by molar-refractivity contribution is 5.94. The lowest BCUT2D eigenvalue weighted by molar-refractivity contribution is -1.08. The van der Waals surface area contributed by atoms with Crippen LogP contribution in [-0.2, 0) is 35.3 Å². The fourth-order valence-electron chi connectivity index (χ4n) is 4.23. The Morgan fingerprint density at radius 3 is 2.43 bits per heavy atom. The zero-order valence-electron chi connectivity index (χ0n) is 25.1. The molecule has 0 aliphatic carbocycles.